The van der Waals surface area contributed by atoms with Crippen LogP contribution in [0.25, 0.3) is 10.1 Å². The van der Waals surface area contributed by atoms with Crippen molar-refractivity contribution in [2.45, 2.75) is 39.7 Å². The number of thiophene rings is 1. The zero-order valence-electron chi connectivity index (χ0n) is 18.6. The van der Waals surface area contributed by atoms with Crippen LogP contribution in [-0.4, -0.2) is 50.9 Å². The molecule has 2 rings (SSSR count). The fourth-order valence-electron chi connectivity index (χ4n) is 2.78. The number of ether oxygens (including phenoxy) is 5. The molecule has 2 aromatic rings. The summed E-state index contributed by atoms with van der Waals surface area (Å²) in [5, 5.41) is 0.735. The van der Waals surface area contributed by atoms with Gasteiger partial charge in [-0.15, -0.1) is 11.3 Å². The Morgan fingerprint density at radius 2 is 1.77 bits per heavy atom. The Morgan fingerprint density at radius 3 is 2.35 bits per heavy atom. The third-order valence-corrected chi connectivity index (χ3v) is 5.17. The lowest BCUT2D eigenvalue weighted by molar-refractivity contribution is -0.161. The molecule has 0 aliphatic rings. The second-order valence-electron chi connectivity index (χ2n) is 7.66. The number of rotatable bonds is 10. The molecule has 0 radical (unpaired) electrons. The Kier molecular flexibility index (Phi) is 8.41. The summed E-state index contributed by atoms with van der Waals surface area (Å²) in [5.41, 5.74) is -0.800. The summed E-state index contributed by atoms with van der Waals surface area (Å²) in [6, 6.07) is 5.13. The third kappa shape index (κ3) is 6.67. The highest BCUT2D eigenvalue weighted by Crippen LogP contribution is 2.37. The molecular formula is C22H28O8S. The van der Waals surface area contributed by atoms with Gasteiger partial charge in [0.2, 0.25) is 0 Å². The molecule has 1 atom stereocenters. The summed E-state index contributed by atoms with van der Waals surface area (Å²) in [5.74, 6) is -2.24. The van der Waals surface area contributed by atoms with E-state index >= 15 is 0 Å². The van der Waals surface area contributed by atoms with Crippen LogP contribution in [0, 0.1) is 5.92 Å². The number of methoxy groups -OCH3 is 2. The van der Waals surface area contributed by atoms with Crippen molar-refractivity contribution in [2.75, 3.05) is 27.6 Å². The number of carbonyl (C=O) groups excluding carboxylic acids is 3. The molecule has 0 fully saturated rings. The van der Waals surface area contributed by atoms with E-state index in [2.05, 4.69) is 0 Å². The SMILES string of the molecule is CCOC(=O)CC(C(=O)OC(C)(C)C)C(=O)c1cc2cc(OCOC)c(OC)cc2s1. The topological polar surface area (TPSA) is 97.4 Å². The monoisotopic (exact) mass is 452 g/mol. The van der Waals surface area contributed by atoms with Crippen molar-refractivity contribution in [1.29, 1.82) is 0 Å². The van der Waals surface area contributed by atoms with E-state index in [0.29, 0.717) is 16.4 Å². The minimum Gasteiger partial charge on any atom is -0.493 e. The van der Waals surface area contributed by atoms with Crippen LogP contribution in [0.3, 0.4) is 0 Å². The highest BCUT2D eigenvalue weighted by molar-refractivity contribution is 7.20. The average molecular weight is 453 g/mol. The molecule has 0 aliphatic carbocycles. The van der Waals surface area contributed by atoms with Gasteiger partial charge in [-0.1, -0.05) is 0 Å². The molecule has 170 valence electrons. The van der Waals surface area contributed by atoms with Crippen LogP contribution in [0.5, 0.6) is 11.5 Å². The van der Waals surface area contributed by atoms with Crippen LogP contribution in [0.1, 0.15) is 43.8 Å². The smallest absolute Gasteiger partial charge is 0.318 e. The molecular weight excluding hydrogens is 424 g/mol. The second-order valence-corrected chi connectivity index (χ2v) is 8.75. The number of hydrogen-bond donors (Lipinski definition) is 0. The van der Waals surface area contributed by atoms with Gasteiger partial charge in [-0.3, -0.25) is 14.4 Å². The normalized spacial score (nSPS) is 12.3. The van der Waals surface area contributed by atoms with Crippen molar-refractivity contribution in [1.82, 2.24) is 0 Å². The molecule has 0 aliphatic heterocycles. The van der Waals surface area contributed by atoms with Crippen LogP contribution in [0.4, 0.5) is 0 Å². The zero-order valence-corrected chi connectivity index (χ0v) is 19.4. The zero-order chi connectivity index (χ0) is 23.2. The van der Waals surface area contributed by atoms with Gasteiger partial charge in [0.25, 0.3) is 0 Å². The van der Waals surface area contributed by atoms with Gasteiger partial charge >= 0.3 is 11.9 Å². The van der Waals surface area contributed by atoms with Crippen LogP contribution in [0.2, 0.25) is 0 Å². The standard InChI is InChI=1S/C22H28O8S/c1-7-28-19(23)10-14(21(25)30-22(2,3)4)20(24)18-9-13-8-16(29-12-26-5)15(27-6)11-17(13)31-18/h8-9,11,14H,7,10,12H2,1-6H3. The molecule has 1 heterocycles. The van der Waals surface area contributed by atoms with Gasteiger partial charge in [0.15, 0.2) is 24.1 Å². The lowest BCUT2D eigenvalue weighted by atomic mass is 9.98. The maximum atomic E-state index is 13.2. The summed E-state index contributed by atoms with van der Waals surface area (Å²) >= 11 is 1.20. The Bertz CT molecular complexity index is 941. The minimum absolute atomic E-state index is 0.0397. The Labute approximate surface area is 185 Å². The molecule has 0 N–H and O–H groups in total. The summed E-state index contributed by atoms with van der Waals surface area (Å²) in [4.78, 5) is 38.3. The van der Waals surface area contributed by atoms with Gasteiger partial charge in [0, 0.05) is 17.9 Å². The van der Waals surface area contributed by atoms with Crippen molar-refractivity contribution in [3.8, 4) is 11.5 Å². The number of benzene rings is 1. The summed E-state index contributed by atoms with van der Waals surface area (Å²) < 4.78 is 26.9. The molecule has 0 bridgehead atoms. The van der Waals surface area contributed by atoms with Crippen LogP contribution >= 0.6 is 11.3 Å². The molecule has 8 nitrogen and oxygen atoms in total. The summed E-state index contributed by atoms with van der Waals surface area (Å²) in [7, 11) is 3.02. The van der Waals surface area contributed by atoms with E-state index < -0.39 is 29.2 Å². The van der Waals surface area contributed by atoms with E-state index in [1.165, 1.54) is 25.6 Å². The molecule has 31 heavy (non-hydrogen) atoms. The number of hydrogen-bond acceptors (Lipinski definition) is 9. The van der Waals surface area contributed by atoms with Gasteiger partial charge in [0.1, 0.15) is 11.5 Å². The molecule has 1 aromatic carbocycles. The Balaban J connectivity index is 2.39. The molecule has 9 heteroatoms. The van der Waals surface area contributed by atoms with E-state index in [4.69, 9.17) is 23.7 Å². The summed E-state index contributed by atoms with van der Waals surface area (Å²) in [6.45, 7) is 6.95. The van der Waals surface area contributed by atoms with Gasteiger partial charge in [-0.2, -0.15) is 0 Å². The quantitative estimate of drug-likeness (QED) is 0.231. The lowest BCUT2D eigenvalue weighted by Crippen LogP contribution is -2.34. The van der Waals surface area contributed by atoms with Gasteiger partial charge < -0.3 is 23.7 Å². The van der Waals surface area contributed by atoms with Crippen LogP contribution in [0.15, 0.2) is 18.2 Å². The number of esters is 2. The fraction of sp³-hybridized carbons (Fsp3) is 0.500. The van der Waals surface area contributed by atoms with Crippen molar-refractivity contribution in [3.05, 3.63) is 23.1 Å². The molecule has 1 unspecified atom stereocenters. The number of ketones is 1. The Hall–Kier alpha value is -2.65. The molecule has 0 saturated heterocycles. The molecule has 0 spiro atoms. The number of carbonyl (C=O) groups is 3. The predicted octanol–water partition coefficient (Wildman–Crippen LogP) is 3.99. The van der Waals surface area contributed by atoms with E-state index in [-0.39, 0.29) is 19.8 Å². The van der Waals surface area contributed by atoms with Gasteiger partial charge in [-0.05, 0) is 45.2 Å². The highest BCUT2D eigenvalue weighted by Gasteiger charge is 2.35. The Morgan fingerprint density at radius 1 is 1.06 bits per heavy atom. The molecule has 1 aromatic heterocycles. The first-order valence-corrected chi connectivity index (χ1v) is 10.6. The lowest BCUT2D eigenvalue weighted by Gasteiger charge is -2.22. The largest absolute Gasteiger partial charge is 0.493 e. The van der Waals surface area contributed by atoms with Gasteiger partial charge in [-0.25, -0.2) is 0 Å². The van der Waals surface area contributed by atoms with Gasteiger partial charge in [0.05, 0.1) is 25.0 Å². The fourth-order valence-corrected chi connectivity index (χ4v) is 3.85. The maximum Gasteiger partial charge on any atom is 0.318 e. The van der Waals surface area contributed by atoms with Crippen LogP contribution in [-0.2, 0) is 23.8 Å². The average Bonchev–Trinajstić information content (AvgIpc) is 3.10. The summed E-state index contributed by atoms with van der Waals surface area (Å²) in [6.07, 6.45) is -0.388. The number of fused-ring (bicyclic) bond motifs is 1. The van der Waals surface area contributed by atoms with Crippen molar-refractivity contribution >= 4 is 39.1 Å². The first kappa shape index (κ1) is 24.6. The third-order valence-electron chi connectivity index (χ3n) is 4.06. The molecule has 0 saturated carbocycles. The molecule has 0 amide bonds. The first-order valence-electron chi connectivity index (χ1n) is 9.75. The first-order chi connectivity index (χ1) is 14.6. The van der Waals surface area contributed by atoms with Crippen LogP contribution < -0.4 is 9.47 Å². The van der Waals surface area contributed by atoms with Crippen molar-refractivity contribution in [2.24, 2.45) is 5.92 Å². The van der Waals surface area contributed by atoms with E-state index in [9.17, 15) is 14.4 Å². The van der Waals surface area contributed by atoms with Crippen molar-refractivity contribution in [3.63, 3.8) is 0 Å². The van der Waals surface area contributed by atoms with E-state index in [1.807, 2.05) is 0 Å². The second kappa shape index (κ2) is 10.6. The van der Waals surface area contributed by atoms with Crippen molar-refractivity contribution < 1.29 is 38.1 Å². The number of Topliss-reactive ketones (excluding diaryl/α,β-unsaturated/α-hetero) is 1. The minimum atomic E-state index is -1.29. The predicted molar refractivity (Wildman–Crippen MR) is 116 cm³/mol. The maximum absolute atomic E-state index is 13.2. The van der Waals surface area contributed by atoms with E-state index in [0.717, 1.165) is 10.1 Å². The van der Waals surface area contributed by atoms with E-state index in [1.54, 1.807) is 45.9 Å². The highest BCUT2D eigenvalue weighted by atomic mass is 32.1.